The van der Waals surface area contributed by atoms with Crippen molar-refractivity contribution in [1.29, 1.82) is 5.26 Å². The first-order chi connectivity index (χ1) is 10.2. The highest BCUT2D eigenvalue weighted by Crippen LogP contribution is 2.25. The largest absolute Gasteiger partial charge is 0.349 e. The summed E-state index contributed by atoms with van der Waals surface area (Å²) in [7, 11) is 0. The highest BCUT2D eigenvalue weighted by molar-refractivity contribution is 5.82. The van der Waals surface area contributed by atoms with Crippen molar-refractivity contribution in [3.05, 3.63) is 65.9 Å². The Hall–Kier alpha value is -3.00. The maximum atomic E-state index is 13.8. The van der Waals surface area contributed by atoms with Crippen LogP contribution in [0.2, 0.25) is 0 Å². The normalized spacial score (nSPS) is 10.3. The quantitative estimate of drug-likeness (QED) is 0.768. The number of halogens is 2. The lowest BCUT2D eigenvalue weighted by Crippen LogP contribution is -1.99. The van der Waals surface area contributed by atoms with Crippen LogP contribution >= 0.6 is 0 Å². The van der Waals surface area contributed by atoms with Crippen LogP contribution in [0.15, 0.2) is 48.7 Å². The van der Waals surface area contributed by atoms with Gasteiger partial charge in [-0.2, -0.15) is 5.26 Å². The Labute approximate surface area is 119 Å². The lowest BCUT2D eigenvalue weighted by molar-refractivity contribution is 0.590. The molecule has 1 aromatic heterocycles. The van der Waals surface area contributed by atoms with Gasteiger partial charge in [-0.15, -0.1) is 0 Å². The average Bonchev–Trinajstić information content (AvgIpc) is 2.50. The topological polar surface area (TPSA) is 48.7 Å². The molecule has 0 aliphatic rings. The smallest absolute Gasteiger partial charge is 0.150 e. The molecule has 0 aliphatic heterocycles. The van der Waals surface area contributed by atoms with E-state index in [0.29, 0.717) is 5.69 Å². The third-order valence-electron chi connectivity index (χ3n) is 3.03. The van der Waals surface area contributed by atoms with E-state index in [1.54, 1.807) is 12.1 Å². The molecule has 0 saturated carbocycles. The molecule has 0 spiro atoms. The Morgan fingerprint density at radius 1 is 1.05 bits per heavy atom. The molecule has 0 fully saturated rings. The summed E-state index contributed by atoms with van der Waals surface area (Å²) < 4.78 is 27.6. The molecular formula is C16H9F2N3. The molecule has 102 valence electrons. The van der Waals surface area contributed by atoms with Crippen LogP contribution in [-0.2, 0) is 0 Å². The second-order valence-electron chi connectivity index (χ2n) is 4.47. The minimum atomic E-state index is -0.820. The molecule has 1 heterocycles. The number of nitrogens with zero attached hydrogens (tertiary/aromatic N) is 2. The number of anilines is 2. The second kappa shape index (κ2) is 5.17. The molecule has 0 bridgehead atoms. The first-order valence-electron chi connectivity index (χ1n) is 6.18. The van der Waals surface area contributed by atoms with Crippen LogP contribution in [0.5, 0.6) is 0 Å². The number of nitrogens with one attached hydrogen (secondary N) is 1. The van der Waals surface area contributed by atoms with E-state index in [0.717, 1.165) is 23.0 Å². The predicted octanol–water partition coefficient (Wildman–Crippen LogP) is 4.13. The third-order valence-corrected chi connectivity index (χ3v) is 3.03. The van der Waals surface area contributed by atoms with E-state index in [1.807, 2.05) is 24.3 Å². The van der Waals surface area contributed by atoms with Gasteiger partial charge in [-0.25, -0.2) is 8.78 Å². The van der Waals surface area contributed by atoms with E-state index in [-0.39, 0.29) is 11.3 Å². The van der Waals surface area contributed by atoms with Crippen LogP contribution in [0.25, 0.3) is 10.9 Å². The molecule has 1 N–H and O–H groups in total. The van der Waals surface area contributed by atoms with Crippen molar-refractivity contribution < 1.29 is 8.78 Å². The highest BCUT2D eigenvalue weighted by Gasteiger charge is 2.11. The fourth-order valence-electron chi connectivity index (χ4n) is 2.04. The van der Waals surface area contributed by atoms with Crippen LogP contribution < -0.4 is 5.32 Å². The summed E-state index contributed by atoms with van der Waals surface area (Å²) in [5, 5.41) is 12.2. The Bertz CT molecular complexity index is 846. The monoisotopic (exact) mass is 281 g/mol. The SMILES string of the molecule is N#Cc1cc(F)c(Nc2cnc3ccccc3c2)c(F)c1. The fraction of sp³-hybridized carbons (Fsp3) is 0. The summed E-state index contributed by atoms with van der Waals surface area (Å²) in [5.74, 6) is -1.64. The second-order valence-corrected chi connectivity index (χ2v) is 4.47. The summed E-state index contributed by atoms with van der Waals surface area (Å²) in [6.07, 6.45) is 1.50. The van der Waals surface area contributed by atoms with Gasteiger partial charge in [0.05, 0.1) is 29.0 Å². The highest BCUT2D eigenvalue weighted by atomic mass is 19.1. The van der Waals surface area contributed by atoms with Crippen LogP contribution in [0.4, 0.5) is 20.2 Å². The van der Waals surface area contributed by atoms with Crippen molar-refractivity contribution in [2.75, 3.05) is 5.32 Å². The van der Waals surface area contributed by atoms with Crippen LogP contribution in [0.1, 0.15) is 5.56 Å². The van der Waals surface area contributed by atoms with Gasteiger partial charge >= 0.3 is 0 Å². The van der Waals surface area contributed by atoms with Gasteiger partial charge in [-0.1, -0.05) is 18.2 Å². The van der Waals surface area contributed by atoms with Gasteiger partial charge in [0.25, 0.3) is 0 Å². The number of pyridine rings is 1. The van der Waals surface area contributed by atoms with Gasteiger partial charge in [0, 0.05) is 5.39 Å². The molecule has 0 radical (unpaired) electrons. The number of aromatic nitrogens is 1. The molecule has 5 heteroatoms. The van der Waals surface area contributed by atoms with Crippen molar-refractivity contribution in [2.45, 2.75) is 0 Å². The van der Waals surface area contributed by atoms with Gasteiger partial charge in [-0.05, 0) is 24.3 Å². The Balaban J connectivity index is 2.01. The van der Waals surface area contributed by atoms with Crippen molar-refractivity contribution in [2.24, 2.45) is 0 Å². The zero-order chi connectivity index (χ0) is 14.8. The maximum absolute atomic E-state index is 13.8. The van der Waals surface area contributed by atoms with Gasteiger partial charge in [0.15, 0.2) is 11.6 Å². The number of para-hydroxylation sites is 1. The minimum Gasteiger partial charge on any atom is -0.349 e. The lowest BCUT2D eigenvalue weighted by Gasteiger charge is -2.09. The van der Waals surface area contributed by atoms with E-state index in [2.05, 4.69) is 10.3 Å². The lowest BCUT2D eigenvalue weighted by atomic mass is 10.2. The van der Waals surface area contributed by atoms with Gasteiger partial charge < -0.3 is 5.32 Å². The number of benzene rings is 2. The van der Waals surface area contributed by atoms with Crippen LogP contribution in [0, 0.1) is 23.0 Å². The molecule has 0 saturated heterocycles. The minimum absolute atomic E-state index is 0.0628. The number of rotatable bonds is 2. The number of nitriles is 1. The molecule has 2 aromatic carbocycles. The fourth-order valence-corrected chi connectivity index (χ4v) is 2.04. The summed E-state index contributed by atoms with van der Waals surface area (Å²) in [6.45, 7) is 0. The van der Waals surface area contributed by atoms with Crippen molar-refractivity contribution in [1.82, 2.24) is 4.98 Å². The summed E-state index contributed by atoms with van der Waals surface area (Å²) >= 11 is 0. The van der Waals surface area contributed by atoms with Crippen molar-refractivity contribution in [3.8, 4) is 6.07 Å². The van der Waals surface area contributed by atoms with E-state index in [9.17, 15) is 8.78 Å². The zero-order valence-electron chi connectivity index (χ0n) is 10.8. The van der Waals surface area contributed by atoms with Crippen LogP contribution in [-0.4, -0.2) is 4.98 Å². The molecular weight excluding hydrogens is 272 g/mol. The molecule has 3 nitrogen and oxygen atoms in total. The first kappa shape index (κ1) is 13.0. The molecule has 0 atom stereocenters. The number of hydrogen-bond donors (Lipinski definition) is 1. The van der Waals surface area contributed by atoms with E-state index in [1.165, 1.54) is 6.20 Å². The number of fused-ring (bicyclic) bond motifs is 1. The molecule has 0 aliphatic carbocycles. The molecule has 21 heavy (non-hydrogen) atoms. The van der Waals surface area contributed by atoms with Gasteiger partial charge in [0.1, 0.15) is 5.69 Å². The van der Waals surface area contributed by atoms with Gasteiger partial charge in [-0.3, -0.25) is 4.98 Å². The number of hydrogen-bond acceptors (Lipinski definition) is 3. The first-order valence-corrected chi connectivity index (χ1v) is 6.18. The third kappa shape index (κ3) is 2.51. The zero-order valence-corrected chi connectivity index (χ0v) is 10.8. The van der Waals surface area contributed by atoms with E-state index in [4.69, 9.17) is 5.26 Å². The molecule has 0 unspecified atom stereocenters. The maximum Gasteiger partial charge on any atom is 0.150 e. The average molecular weight is 281 g/mol. The van der Waals surface area contributed by atoms with E-state index >= 15 is 0 Å². The Morgan fingerprint density at radius 2 is 1.76 bits per heavy atom. The summed E-state index contributed by atoms with van der Waals surface area (Å²) in [4.78, 5) is 4.21. The predicted molar refractivity (Wildman–Crippen MR) is 76.1 cm³/mol. The molecule has 0 amide bonds. The Morgan fingerprint density at radius 3 is 2.48 bits per heavy atom. The Kier molecular flexibility index (Phi) is 3.20. The molecule has 3 rings (SSSR count). The summed E-state index contributed by atoms with van der Waals surface area (Å²) in [5.41, 5.74) is 0.901. The van der Waals surface area contributed by atoms with Gasteiger partial charge in [0.2, 0.25) is 0 Å². The molecule has 3 aromatic rings. The van der Waals surface area contributed by atoms with Crippen molar-refractivity contribution in [3.63, 3.8) is 0 Å². The van der Waals surface area contributed by atoms with Crippen LogP contribution in [0.3, 0.4) is 0 Å². The van der Waals surface area contributed by atoms with E-state index < -0.39 is 11.6 Å². The van der Waals surface area contributed by atoms with Crippen molar-refractivity contribution >= 4 is 22.3 Å². The standard InChI is InChI=1S/C16H9F2N3/c17-13-5-10(8-19)6-14(18)16(13)21-12-7-11-3-1-2-4-15(11)20-9-12/h1-7,9,21H. The summed E-state index contributed by atoms with van der Waals surface area (Å²) in [6, 6.07) is 12.9.